The number of sulfonamides is 1. The zero-order valence-electron chi connectivity index (χ0n) is 19.2. The molecule has 0 saturated carbocycles. The maximum Gasteiger partial charge on any atom is 0.252 e. The molecule has 172 valence electrons. The lowest BCUT2D eigenvalue weighted by Gasteiger charge is -2.40. The van der Waals surface area contributed by atoms with Crippen LogP contribution >= 0.6 is 0 Å². The van der Waals surface area contributed by atoms with E-state index in [0.29, 0.717) is 22.4 Å². The smallest absolute Gasteiger partial charge is 0.252 e. The molecule has 0 radical (unpaired) electrons. The Morgan fingerprint density at radius 2 is 1.62 bits per heavy atom. The fraction of sp³-hybridized carbons (Fsp3) is 0.417. The summed E-state index contributed by atoms with van der Waals surface area (Å²) in [5.74, 6) is -0.00230. The summed E-state index contributed by atoms with van der Waals surface area (Å²) >= 11 is 0. The number of rotatable bonds is 6. The van der Waals surface area contributed by atoms with Crippen molar-refractivity contribution in [2.45, 2.75) is 39.2 Å². The van der Waals surface area contributed by atoms with Crippen LogP contribution in [0.15, 0.2) is 36.4 Å². The fourth-order valence-corrected chi connectivity index (χ4v) is 5.20. The van der Waals surface area contributed by atoms with Gasteiger partial charge in [0, 0.05) is 29.8 Å². The van der Waals surface area contributed by atoms with E-state index in [2.05, 4.69) is 5.32 Å². The molecule has 0 aromatic heterocycles. The topological polar surface area (TPSA) is 92.8 Å². The average molecular weight is 459 g/mol. The number of nitrogens with zero attached hydrogens (tertiary/aromatic N) is 1. The predicted octanol–water partition coefficient (Wildman–Crippen LogP) is 3.03. The second kappa shape index (κ2) is 9.03. The molecule has 1 N–H and O–H groups in total. The number of benzene rings is 2. The molecule has 1 fully saturated rings. The van der Waals surface area contributed by atoms with Gasteiger partial charge in [0.2, 0.25) is 10.0 Å². The fourth-order valence-electron chi connectivity index (χ4n) is 4.36. The molecule has 0 aliphatic carbocycles. The number of Topliss-reactive ketones (excluding diaryl/α,β-unsaturated/α-hetero) is 1. The van der Waals surface area contributed by atoms with Crippen molar-refractivity contribution in [1.29, 1.82) is 0 Å². The third kappa shape index (κ3) is 4.86. The molecule has 1 aliphatic heterocycles. The summed E-state index contributed by atoms with van der Waals surface area (Å²) in [5, 5.41) is 2.98. The lowest BCUT2D eigenvalue weighted by molar-refractivity contribution is 0.0692. The van der Waals surface area contributed by atoms with Gasteiger partial charge in [-0.2, -0.15) is 0 Å². The first-order valence-corrected chi connectivity index (χ1v) is 12.4. The molecule has 1 aliphatic rings. The number of hydrogen-bond donors (Lipinski definition) is 1. The molecule has 32 heavy (non-hydrogen) atoms. The number of carbonyl (C=O) groups excluding carboxylic acids is 2. The Bertz CT molecular complexity index is 1130. The van der Waals surface area contributed by atoms with E-state index < -0.39 is 15.6 Å². The summed E-state index contributed by atoms with van der Waals surface area (Å²) < 4.78 is 30.7. The highest BCUT2D eigenvalue weighted by molar-refractivity contribution is 7.88. The van der Waals surface area contributed by atoms with Crippen molar-refractivity contribution in [3.8, 4) is 5.75 Å². The van der Waals surface area contributed by atoms with E-state index in [0.717, 1.165) is 17.4 Å². The van der Waals surface area contributed by atoms with Gasteiger partial charge in [-0.05, 0) is 57.9 Å². The number of carbonyl (C=O) groups is 2. The Balaban J connectivity index is 2.00. The van der Waals surface area contributed by atoms with Crippen LogP contribution in [0.2, 0.25) is 0 Å². The van der Waals surface area contributed by atoms with Gasteiger partial charge in [0.05, 0.1) is 13.4 Å². The molecule has 1 saturated heterocycles. The van der Waals surface area contributed by atoms with Crippen LogP contribution in [0.1, 0.15) is 50.2 Å². The van der Waals surface area contributed by atoms with Crippen LogP contribution < -0.4 is 10.1 Å². The summed E-state index contributed by atoms with van der Waals surface area (Å²) in [6.45, 7) is 5.94. The lowest BCUT2D eigenvalue weighted by atomic mass is 9.80. The first-order chi connectivity index (χ1) is 15.0. The Morgan fingerprint density at radius 3 is 2.16 bits per heavy atom. The van der Waals surface area contributed by atoms with E-state index in [9.17, 15) is 18.0 Å². The molecule has 8 heteroatoms. The minimum atomic E-state index is -3.38. The minimum Gasteiger partial charge on any atom is -0.496 e. The highest BCUT2D eigenvalue weighted by atomic mass is 32.2. The summed E-state index contributed by atoms with van der Waals surface area (Å²) in [7, 11) is -1.85. The van der Waals surface area contributed by atoms with Crippen LogP contribution in [-0.2, 0) is 10.0 Å². The third-order valence-electron chi connectivity index (χ3n) is 6.06. The maximum atomic E-state index is 13.7. The number of hydrogen-bond acceptors (Lipinski definition) is 5. The second-order valence-corrected chi connectivity index (χ2v) is 10.5. The number of piperidine rings is 1. The molecule has 0 spiro atoms. The van der Waals surface area contributed by atoms with E-state index >= 15 is 0 Å². The van der Waals surface area contributed by atoms with Crippen LogP contribution in [0.25, 0.3) is 0 Å². The zero-order chi connectivity index (χ0) is 23.7. The molecule has 2 aromatic carbocycles. The van der Waals surface area contributed by atoms with Gasteiger partial charge in [0.1, 0.15) is 11.3 Å². The van der Waals surface area contributed by atoms with E-state index in [-0.39, 0.29) is 37.6 Å². The van der Waals surface area contributed by atoms with Crippen molar-refractivity contribution < 1.29 is 22.7 Å². The Morgan fingerprint density at radius 1 is 1.03 bits per heavy atom. The van der Waals surface area contributed by atoms with Gasteiger partial charge in [0.25, 0.3) is 5.91 Å². The zero-order valence-corrected chi connectivity index (χ0v) is 20.0. The first-order valence-electron chi connectivity index (χ1n) is 10.5. The van der Waals surface area contributed by atoms with Crippen molar-refractivity contribution >= 4 is 21.7 Å². The molecule has 7 nitrogen and oxygen atoms in total. The minimum absolute atomic E-state index is 0.159. The second-order valence-electron chi connectivity index (χ2n) is 8.54. The SMILES string of the molecule is COc1cccc(C(=O)NC2(C(=O)c3cc(C)cc(C)c3)CCN(S(C)(=O)=O)CC2)c1C. The number of aryl methyl sites for hydroxylation is 2. The van der Waals surface area contributed by atoms with E-state index in [1.54, 1.807) is 25.1 Å². The molecule has 0 unspecified atom stereocenters. The normalized spacial score (nSPS) is 16.4. The van der Waals surface area contributed by atoms with E-state index in [1.165, 1.54) is 11.4 Å². The largest absolute Gasteiger partial charge is 0.496 e. The van der Waals surface area contributed by atoms with Crippen molar-refractivity contribution in [2.75, 3.05) is 26.5 Å². The number of methoxy groups -OCH3 is 1. The van der Waals surface area contributed by atoms with Crippen molar-refractivity contribution in [2.24, 2.45) is 0 Å². The molecule has 0 atom stereocenters. The van der Waals surface area contributed by atoms with Gasteiger partial charge in [-0.15, -0.1) is 0 Å². The van der Waals surface area contributed by atoms with Crippen molar-refractivity contribution in [3.05, 3.63) is 64.2 Å². The number of ketones is 1. The van der Waals surface area contributed by atoms with Crippen LogP contribution in [-0.4, -0.2) is 56.4 Å². The van der Waals surface area contributed by atoms with Crippen molar-refractivity contribution in [3.63, 3.8) is 0 Å². The Kier molecular flexibility index (Phi) is 6.76. The molecular weight excluding hydrogens is 428 g/mol. The lowest BCUT2D eigenvalue weighted by Crippen LogP contribution is -2.60. The summed E-state index contributed by atoms with van der Waals surface area (Å²) in [6.07, 6.45) is 1.55. The molecular formula is C24H30N2O5S. The quantitative estimate of drug-likeness (QED) is 0.672. The van der Waals surface area contributed by atoms with Gasteiger partial charge in [-0.25, -0.2) is 12.7 Å². The van der Waals surface area contributed by atoms with Crippen LogP contribution in [0.3, 0.4) is 0 Å². The summed E-state index contributed by atoms with van der Waals surface area (Å²) in [6, 6.07) is 10.8. The molecule has 3 rings (SSSR count). The maximum absolute atomic E-state index is 13.7. The van der Waals surface area contributed by atoms with Gasteiger partial charge < -0.3 is 10.1 Å². The molecule has 2 aromatic rings. The highest BCUT2D eigenvalue weighted by Gasteiger charge is 2.44. The van der Waals surface area contributed by atoms with Gasteiger partial charge in [-0.3, -0.25) is 9.59 Å². The first kappa shape index (κ1) is 23.9. The Labute approximate surface area is 189 Å². The van der Waals surface area contributed by atoms with Crippen LogP contribution in [0.5, 0.6) is 5.75 Å². The van der Waals surface area contributed by atoms with Gasteiger partial charge in [0.15, 0.2) is 5.78 Å². The van der Waals surface area contributed by atoms with Crippen molar-refractivity contribution in [1.82, 2.24) is 9.62 Å². The molecule has 1 amide bonds. The number of nitrogens with one attached hydrogen (secondary N) is 1. The van der Waals surface area contributed by atoms with Crippen LogP contribution in [0, 0.1) is 20.8 Å². The molecule has 0 bridgehead atoms. The van der Waals surface area contributed by atoms with Gasteiger partial charge in [-0.1, -0.05) is 23.3 Å². The standard InChI is InChI=1S/C24H30N2O5S/c1-16-13-17(2)15-19(14-16)22(27)24(9-11-26(12-10-24)32(5,29)30)25-23(28)20-7-6-8-21(31-4)18(20)3/h6-8,13-15H,9-12H2,1-5H3,(H,25,28). The van der Waals surface area contributed by atoms with Crippen LogP contribution in [0.4, 0.5) is 0 Å². The number of ether oxygens (including phenoxy) is 1. The Hall–Kier alpha value is -2.71. The highest BCUT2D eigenvalue weighted by Crippen LogP contribution is 2.30. The molecule has 1 heterocycles. The predicted molar refractivity (Wildman–Crippen MR) is 124 cm³/mol. The van der Waals surface area contributed by atoms with E-state index in [4.69, 9.17) is 4.74 Å². The number of amides is 1. The van der Waals surface area contributed by atoms with Gasteiger partial charge >= 0.3 is 0 Å². The summed E-state index contributed by atoms with van der Waals surface area (Å²) in [5.41, 5.74) is 2.31. The third-order valence-corrected chi connectivity index (χ3v) is 7.37. The monoisotopic (exact) mass is 458 g/mol. The van der Waals surface area contributed by atoms with E-state index in [1.807, 2.05) is 32.0 Å². The average Bonchev–Trinajstić information content (AvgIpc) is 2.72. The summed E-state index contributed by atoms with van der Waals surface area (Å²) in [4.78, 5) is 27.1.